The topological polar surface area (TPSA) is 41.1 Å². The molecule has 1 aliphatic rings. The molecule has 16 heavy (non-hydrogen) atoms. The molecule has 1 aromatic rings. The van der Waals surface area contributed by atoms with Crippen molar-refractivity contribution in [3.8, 4) is 0 Å². The zero-order valence-corrected chi connectivity index (χ0v) is 10.1. The van der Waals surface area contributed by atoms with E-state index in [4.69, 9.17) is 11.6 Å². The summed E-state index contributed by atoms with van der Waals surface area (Å²) in [5.74, 6) is 0.486. The van der Waals surface area contributed by atoms with E-state index in [0.717, 1.165) is 17.8 Å². The van der Waals surface area contributed by atoms with Crippen molar-refractivity contribution < 1.29 is 4.79 Å². The minimum Gasteiger partial charge on any atom is -0.323 e. The molecule has 4 heteroatoms. The van der Waals surface area contributed by atoms with Gasteiger partial charge in [-0.25, -0.2) is 0 Å². The predicted molar refractivity (Wildman–Crippen MR) is 65.7 cm³/mol. The van der Waals surface area contributed by atoms with E-state index in [1.54, 1.807) is 6.07 Å². The third-order valence-electron chi connectivity index (χ3n) is 2.60. The van der Waals surface area contributed by atoms with Crippen LogP contribution in [0.25, 0.3) is 0 Å². The van der Waals surface area contributed by atoms with Crippen LogP contribution in [0.1, 0.15) is 25.5 Å². The lowest BCUT2D eigenvalue weighted by Gasteiger charge is -2.13. The number of anilines is 1. The van der Waals surface area contributed by atoms with Gasteiger partial charge in [-0.2, -0.15) is 0 Å². The first kappa shape index (κ1) is 11.4. The molecular weight excluding hydrogens is 224 g/mol. The van der Waals surface area contributed by atoms with Crippen LogP contribution >= 0.6 is 11.6 Å². The Hall–Kier alpha value is -1.06. The van der Waals surface area contributed by atoms with Crippen LogP contribution in [0.2, 0.25) is 5.02 Å². The largest absolute Gasteiger partial charge is 0.323 e. The summed E-state index contributed by atoms with van der Waals surface area (Å²) >= 11 is 6.02. The van der Waals surface area contributed by atoms with E-state index in [-0.39, 0.29) is 11.9 Å². The van der Waals surface area contributed by atoms with Gasteiger partial charge in [0.25, 0.3) is 0 Å². The van der Waals surface area contributed by atoms with E-state index in [0.29, 0.717) is 10.9 Å². The molecule has 2 N–H and O–H groups in total. The Balaban J connectivity index is 2.23. The standard InChI is InChI=1S/C12H15ClN2O/c1-7(2)6-14-11-8-4-3-5-9(13)10(8)15-12(11)16/h3-5,7,11,14H,6H2,1-2H3,(H,15,16). The third-order valence-corrected chi connectivity index (χ3v) is 2.91. The maximum atomic E-state index is 11.8. The summed E-state index contributed by atoms with van der Waals surface area (Å²) in [5.41, 5.74) is 1.69. The highest BCUT2D eigenvalue weighted by atomic mass is 35.5. The van der Waals surface area contributed by atoms with Crippen molar-refractivity contribution in [3.05, 3.63) is 28.8 Å². The number of benzene rings is 1. The lowest BCUT2D eigenvalue weighted by molar-refractivity contribution is -0.117. The number of carbonyl (C=O) groups is 1. The number of rotatable bonds is 3. The van der Waals surface area contributed by atoms with E-state index >= 15 is 0 Å². The highest BCUT2D eigenvalue weighted by Gasteiger charge is 2.31. The van der Waals surface area contributed by atoms with E-state index in [1.165, 1.54) is 0 Å². The van der Waals surface area contributed by atoms with Gasteiger partial charge in [0.2, 0.25) is 5.91 Å². The van der Waals surface area contributed by atoms with E-state index < -0.39 is 0 Å². The second kappa shape index (κ2) is 4.44. The highest BCUT2D eigenvalue weighted by Crippen LogP contribution is 2.36. The van der Waals surface area contributed by atoms with Crippen LogP contribution in [0.5, 0.6) is 0 Å². The smallest absolute Gasteiger partial charge is 0.246 e. The van der Waals surface area contributed by atoms with Gasteiger partial charge < -0.3 is 10.6 Å². The molecule has 1 aliphatic heterocycles. The number of fused-ring (bicyclic) bond motifs is 1. The average Bonchev–Trinajstić information content (AvgIpc) is 2.53. The summed E-state index contributed by atoms with van der Waals surface area (Å²) in [6, 6.07) is 5.31. The summed E-state index contributed by atoms with van der Waals surface area (Å²) in [4.78, 5) is 11.8. The molecule has 0 aromatic heterocycles. The van der Waals surface area contributed by atoms with Crippen molar-refractivity contribution in [2.24, 2.45) is 5.92 Å². The summed E-state index contributed by atoms with van der Waals surface area (Å²) in [5, 5.41) is 6.65. The van der Waals surface area contributed by atoms with Gasteiger partial charge in [-0.05, 0) is 18.5 Å². The normalized spacial score (nSPS) is 18.8. The molecule has 1 aromatic carbocycles. The van der Waals surface area contributed by atoms with Gasteiger partial charge in [0.05, 0.1) is 10.7 Å². The Kier molecular flexibility index (Phi) is 3.17. The lowest BCUT2D eigenvalue weighted by Crippen LogP contribution is -2.30. The Morgan fingerprint density at radius 3 is 2.94 bits per heavy atom. The molecule has 1 atom stereocenters. The fourth-order valence-corrected chi connectivity index (χ4v) is 2.04. The van der Waals surface area contributed by atoms with Crippen LogP contribution in [0, 0.1) is 5.92 Å². The van der Waals surface area contributed by atoms with Crippen molar-refractivity contribution in [1.82, 2.24) is 5.32 Å². The fourth-order valence-electron chi connectivity index (χ4n) is 1.81. The maximum absolute atomic E-state index is 11.8. The number of halogens is 1. The summed E-state index contributed by atoms with van der Waals surface area (Å²) < 4.78 is 0. The molecule has 0 saturated carbocycles. The fraction of sp³-hybridized carbons (Fsp3) is 0.417. The third kappa shape index (κ3) is 2.06. The number of nitrogens with one attached hydrogen (secondary N) is 2. The zero-order chi connectivity index (χ0) is 11.7. The second-order valence-electron chi connectivity index (χ2n) is 4.43. The van der Waals surface area contributed by atoms with Crippen molar-refractivity contribution in [3.63, 3.8) is 0 Å². The van der Waals surface area contributed by atoms with Gasteiger partial charge in [-0.1, -0.05) is 37.6 Å². The zero-order valence-electron chi connectivity index (χ0n) is 9.38. The minimum absolute atomic E-state index is 0.0243. The first-order valence-electron chi connectivity index (χ1n) is 5.42. The molecular formula is C12H15ClN2O. The van der Waals surface area contributed by atoms with Crippen molar-refractivity contribution in [2.75, 3.05) is 11.9 Å². The number of para-hydroxylation sites is 1. The molecule has 0 bridgehead atoms. The SMILES string of the molecule is CC(C)CNC1C(=O)Nc2c(Cl)cccc21. The predicted octanol–water partition coefficient (Wildman–Crippen LogP) is 2.58. The van der Waals surface area contributed by atoms with E-state index in [2.05, 4.69) is 24.5 Å². The van der Waals surface area contributed by atoms with Gasteiger partial charge in [0.1, 0.15) is 6.04 Å². The quantitative estimate of drug-likeness (QED) is 0.850. The number of amides is 1. The summed E-state index contributed by atoms with van der Waals surface area (Å²) in [6.45, 7) is 5.03. The van der Waals surface area contributed by atoms with Gasteiger partial charge in [0.15, 0.2) is 0 Å². The molecule has 1 heterocycles. The molecule has 1 amide bonds. The lowest BCUT2D eigenvalue weighted by atomic mass is 10.1. The molecule has 1 unspecified atom stereocenters. The van der Waals surface area contributed by atoms with Crippen LogP contribution in [0.15, 0.2) is 18.2 Å². The molecule has 0 saturated heterocycles. The maximum Gasteiger partial charge on any atom is 0.246 e. The molecule has 0 aliphatic carbocycles. The Morgan fingerprint density at radius 2 is 2.25 bits per heavy atom. The molecule has 0 radical (unpaired) electrons. The Labute approximate surface area is 100 Å². The molecule has 0 fully saturated rings. The van der Waals surface area contributed by atoms with E-state index in [1.807, 2.05) is 12.1 Å². The number of carbonyl (C=O) groups excluding carboxylic acids is 1. The Bertz CT molecular complexity index is 417. The monoisotopic (exact) mass is 238 g/mol. The van der Waals surface area contributed by atoms with Crippen molar-refractivity contribution in [1.29, 1.82) is 0 Å². The van der Waals surface area contributed by atoms with Crippen LogP contribution in [-0.2, 0) is 4.79 Å². The first-order valence-corrected chi connectivity index (χ1v) is 5.80. The van der Waals surface area contributed by atoms with Crippen LogP contribution in [0.3, 0.4) is 0 Å². The second-order valence-corrected chi connectivity index (χ2v) is 4.84. The summed E-state index contributed by atoms with van der Waals surface area (Å²) in [7, 11) is 0. The Morgan fingerprint density at radius 1 is 1.50 bits per heavy atom. The number of hydrogen-bond donors (Lipinski definition) is 2. The van der Waals surface area contributed by atoms with E-state index in [9.17, 15) is 4.79 Å². The number of hydrogen-bond acceptors (Lipinski definition) is 2. The molecule has 2 rings (SSSR count). The minimum atomic E-state index is -0.268. The van der Waals surface area contributed by atoms with Gasteiger partial charge in [-0.3, -0.25) is 4.79 Å². The molecule has 0 spiro atoms. The van der Waals surface area contributed by atoms with Gasteiger partial charge in [0, 0.05) is 5.56 Å². The van der Waals surface area contributed by atoms with Crippen LogP contribution in [0.4, 0.5) is 5.69 Å². The first-order chi connectivity index (χ1) is 7.59. The van der Waals surface area contributed by atoms with Crippen molar-refractivity contribution in [2.45, 2.75) is 19.9 Å². The van der Waals surface area contributed by atoms with Crippen molar-refractivity contribution >= 4 is 23.2 Å². The average molecular weight is 239 g/mol. The van der Waals surface area contributed by atoms with Gasteiger partial charge in [-0.15, -0.1) is 0 Å². The van der Waals surface area contributed by atoms with Crippen LogP contribution in [-0.4, -0.2) is 12.5 Å². The highest BCUT2D eigenvalue weighted by molar-refractivity contribution is 6.34. The van der Waals surface area contributed by atoms with Crippen LogP contribution < -0.4 is 10.6 Å². The molecule has 86 valence electrons. The molecule has 3 nitrogen and oxygen atoms in total. The van der Waals surface area contributed by atoms with Gasteiger partial charge >= 0.3 is 0 Å². The summed E-state index contributed by atoms with van der Waals surface area (Å²) in [6.07, 6.45) is 0.